The highest BCUT2D eigenvalue weighted by Gasteiger charge is 2.22. The minimum atomic E-state index is -0.496. The highest BCUT2D eigenvalue weighted by atomic mass is 79.9. The van der Waals surface area contributed by atoms with Gasteiger partial charge in [-0.05, 0) is 6.07 Å². The lowest BCUT2D eigenvalue weighted by atomic mass is 10.2. The number of hydrogen-bond acceptors (Lipinski definition) is 4. The average Bonchev–Trinajstić information content (AvgIpc) is 2.24. The first-order valence-electron chi connectivity index (χ1n) is 4.32. The van der Waals surface area contributed by atoms with Crippen LogP contribution < -0.4 is 15.4 Å². The second kappa shape index (κ2) is 4.34. The maximum Gasteiger partial charge on any atom is 0.197 e. The summed E-state index contributed by atoms with van der Waals surface area (Å²) in [6, 6.07) is 1.64. The quantitative estimate of drug-likeness (QED) is 0.837. The van der Waals surface area contributed by atoms with Crippen molar-refractivity contribution in [3.63, 3.8) is 0 Å². The molecule has 0 spiro atoms. The van der Waals surface area contributed by atoms with Crippen LogP contribution in [-0.4, -0.2) is 13.2 Å². The largest absolute Gasteiger partial charge is 0.486 e. The monoisotopic (exact) mass is 277 g/mol. The zero-order valence-corrected chi connectivity index (χ0v) is 9.34. The van der Waals surface area contributed by atoms with Gasteiger partial charge in [0.2, 0.25) is 0 Å². The minimum absolute atomic E-state index is 0.0247. The average molecular weight is 278 g/mol. The van der Waals surface area contributed by atoms with Crippen LogP contribution in [0.5, 0.6) is 11.5 Å². The van der Waals surface area contributed by atoms with E-state index in [0.29, 0.717) is 29.0 Å². The van der Waals surface area contributed by atoms with Crippen LogP contribution >= 0.6 is 15.9 Å². The van der Waals surface area contributed by atoms with Gasteiger partial charge in [0.25, 0.3) is 0 Å². The molecule has 15 heavy (non-hydrogen) atoms. The number of nitrogens with two attached hydrogens (primary N) is 1. The molecule has 0 aliphatic carbocycles. The van der Waals surface area contributed by atoms with Crippen molar-refractivity contribution < 1.29 is 18.7 Å². The van der Waals surface area contributed by atoms with E-state index in [-0.39, 0.29) is 12.4 Å². The van der Waals surface area contributed by atoms with Crippen LogP contribution in [0.3, 0.4) is 0 Å². The van der Waals surface area contributed by atoms with Crippen molar-refractivity contribution in [2.75, 3.05) is 13.2 Å². The molecular weight excluding hydrogens is 269 g/mol. The van der Waals surface area contributed by atoms with Crippen molar-refractivity contribution in [1.82, 2.24) is 0 Å². The molecule has 1 aliphatic heterocycles. The van der Waals surface area contributed by atoms with Crippen LogP contribution in [0.15, 0.2) is 10.5 Å². The Morgan fingerprint density at radius 2 is 2.20 bits per heavy atom. The van der Waals surface area contributed by atoms with Crippen molar-refractivity contribution >= 4 is 15.9 Å². The lowest BCUT2D eigenvalue weighted by Gasteiger charge is -2.20. The van der Waals surface area contributed by atoms with Gasteiger partial charge in [0, 0.05) is 10.0 Å². The highest BCUT2D eigenvalue weighted by molar-refractivity contribution is 9.10. The predicted molar refractivity (Wildman–Crippen MR) is 54.1 cm³/mol. The normalized spacial score (nSPS) is 14.1. The number of benzene rings is 1. The van der Waals surface area contributed by atoms with Crippen molar-refractivity contribution in [3.05, 3.63) is 21.9 Å². The zero-order valence-electron chi connectivity index (χ0n) is 7.76. The number of rotatable bonds is 2. The molecule has 1 aromatic carbocycles. The number of ether oxygens (including phenoxy) is 2. The smallest absolute Gasteiger partial charge is 0.197 e. The van der Waals surface area contributed by atoms with Gasteiger partial charge in [0.1, 0.15) is 13.2 Å². The number of hydrogen-bond donors (Lipinski definition) is 1. The number of halogens is 2. The molecule has 0 bridgehead atoms. The third kappa shape index (κ3) is 1.92. The Bertz CT molecular complexity index is 386. The molecule has 0 aromatic heterocycles. The van der Waals surface area contributed by atoms with Gasteiger partial charge >= 0.3 is 0 Å². The summed E-state index contributed by atoms with van der Waals surface area (Å²) in [6.07, 6.45) is 0. The van der Waals surface area contributed by atoms with Gasteiger partial charge in [0.05, 0.1) is 6.61 Å². The molecule has 2 rings (SSSR count). The predicted octanol–water partition coefficient (Wildman–Crippen LogP) is 1.75. The topological polar surface area (TPSA) is 53.7 Å². The summed E-state index contributed by atoms with van der Waals surface area (Å²) in [6.45, 7) is 0.739. The van der Waals surface area contributed by atoms with Gasteiger partial charge < -0.3 is 9.47 Å². The van der Waals surface area contributed by atoms with E-state index in [4.69, 9.17) is 15.4 Å². The minimum Gasteiger partial charge on any atom is -0.486 e. The molecule has 0 saturated heterocycles. The van der Waals surface area contributed by atoms with Crippen LogP contribution in [0.4, 0.5) is 4.39 Å². The molecular formula is C9H9BrFNO3. The highest BCUT2D eigenvalue weighted by Crippen LogP contribution is 2.39. The first-order valence-corrected chi connectivity index (χ1v) is 5.11. The fourth-order valence-corrected chi connectivity index (χ4v) is 1.87. The Morgan fingerprint density at radius 3 is 2.93 bits per heavy atom. The number of fused-ring (bicyclic) bond motifs is 1. The van der Waals surface area contributed by atoms with E-state index in [1.165, 1.54) is 0 Å². The van der Waals surface area contributed by atoms with E-state index in [0.717, 1.165) is 0 Å². The van der Waals surface area contributed by atoms with Crippen molar-refractivity contribution in [3.8, 4) is 11.5 Å². The molecule has 4 nitrogen and oxygen atoms in total. The van der Waals surface area contributed by atoms with E-state index in [9.17, 15) is 4.39 Å². The zero-order chi connectivity index (χ0) is 10.8. The first-order chi connectivity index (χ1) is 7.24. The Morgan fingerprint density at radius 1 is 1.47 bits per heavy atom. The fourth-order valence-electron chi connectivity index (χ4n) is 1.37. The second-order valence-electron chi connectivity index (χ2n) is 2.99. The standard InChI is InChI=1S/C9H9BrFNO3/c10-6-3-7-9(14-2-1-13-7)8(11)5(6)4-15-12/h3H,1-2,4,12H2. The molecule has 0 unspecified atom stereocenters. The van der Waals surface area contributed by atoms with Crippen LogP contribution in [0.1, 0.15) is 5.56 Å². The van der Waals surface area contributed by atoms with Crippen molar-refractivity contribution in [1.29, 1.82) is 0 Å². The van der Waals surface area contributed by atoms with Crippen LogP contribution in [-0.2, 0) is 11.4 Å². The van der Waals surface area contributed by atoms with E-state index in [1.807, 2.05) is 0 Å². The van der Waals surface area contributed by atoms with Crippen molar-refractivity contribution in [2.24, 2.45) is 5.90 Å². The molecule has 0 amide bonds. The van der Waals surface area contributed by atoms with E-state index in [1.54, 1.807) is 6.07 Å². The fraction of sp³-hybridized carbons (Fsp3) is 0.333. The van der Waals surface area contributed by atoms with Crippen molar-refractivity contribution in [2.45, 2.75) is 6.61 Å². The molecule has 82 valence electrons. The molecule has 0 fully saturated rings. The third-order valence-corrected chi connectivity index (χ3v) is 2.76. The van der Waals surface area contributed by atoms with Crippen LogP contribution in [0.25, 0.3) is 0 Å². The Labute approximate surface area is 94.2 Å². The summed E-state index contributed by atoms with van der Waals surface area (Å²) in [5, 5.41) is 0. The first kappa shape index (κ1) is 10.7. The summed E-state index contributed by atoms with van der Waals surface area (Å²) in [7, 11) is 0. The van der Waals surface area contributed by atoms with Crippen LogP contribution in [0, 0.1) is 5.82 Å². The molecule has 1 heterocycles. The Kier molecular flexibility index (Phi) is 3.08. The molecule has 1 aliphatic rings. The second-order valence-corrected chi connectivity index (χ2v) is 3.84. The SMILES string of the molecule is NOCc1c(Br)cc2c(c1F)OCCO2. The maximum absolute atomic E-state index is 13.8. The molecule has 0 saturated carbocycles. The van der Waals surface area contributed by atoms with Gasteiger partial charge in [-0.15, -0.1) is 0 Å². The molecule has 6 heteroatoms. The van der Waals surface area contributed by atoms with Gasteiger partial charge in [-0.25, -0.2) is 10.3 Å². The molecule has 0 atom stereocenters. The Balaban J connectivity index is 2.49. The van der Waals surface area contributed by atoms with Gasteiger partial charge in [-0.1, -0.05) is 15.9 Å². The Hall–Kier alpha value is -0.850. The summed E-state index contributed by atoms with van der Waals surface area (Å²) < 4.78 is 24.8. The molecule has 0 radical (unpaired) electrons. The summed E-state index contributed by atoms with van der Waals surface area (Å²) >= 11 is 3.22. The summed E-state index contributed by atoms with van der Waals surface area (Å²) in [5.41, 5.74) is 0.321. The van der Waals surface area contributed by atoms with E-state index < -0.39 is 5.82 Å². The lowest BCUT2D eigenvalue weighted by Crippen LogP contribution is -2.17. The summed E-state index contributed by atoms with van der Waals surface area (Å²) in [5.74, 6) is 4.94. The summed E-state index contributed by atoms with van der Waals surface area (Å²) in [4.78, 5) is 4.41. The molecule has 1 aromatic rings. The maximum atomic E-state index is 13.8. The van der Waals surface area contributed by atoms with Crippen LogP contribution in [0.2, 0.25) is 0 Å². The van der Waals surface area contributed by atoms with Gasteiger partial charge in [-0.3, -0.25) is 4.84 Å². The van der Waals surface area contributed by atoms with Gasteiger partial charge in [-0.2, -0.15) is 0 Å². The third-order valence-electron chi connectivity index (χ3n) is 2.05. The molecule has 2 N–H and O–H groups in total. The lowest BCUT2D eigenvalue weighted by molar-refractivity contribution is 0.118. The van der Waals surface area contributed by atoms with E-state index in [2.05, 4.69) is 20.8 Å². The van der Waals surface area contributed by atoms with E-state index >= 15 is 0 Å². The van der Waals surface area contributed by atoms with Gasteiger partial charge in [0.15, 0.2) is 17.3 Å².